The van der Waals surface area contributed by atoms with Crippen LogP contribution >= 0.6 is 7.82 Å². The van der Waals surface area contributed by atoms with Gasteiger partial charge in [0.1, 0.15) is 24.4 Å². The third-order valence-corrected chi connectivity index (χ3v) is 2.18. The lowest BCUT2D eigenvalue weighted by molar-refractivity contribution is -0.343. The fraction of sp³-hybridized carbons (Fsp3) is 0.833. The summed E-state index contributed by atoms with van der Waals surface area (Å²) in [5, 5.41) is 45.9. The predicted octanol–water partition coefficient (Wildman–Crippen LogP) is -5.97. The fourth-order valence-electron chi connectivity index (χ4n) is 0.820. The number of carboxylic acid groups (broad SMARTS) is 1. The van der Waals surface area contributed by atoms with Crippen LogP contribution < -0.4 is 14.9 Å². The predicted molar refractivity (Wildman–Crippen MR) is 42.6 cm³/mol. The molecule has 0 radical (unpaired) electrons. The number of hydrogen-bond acceptors (Lipinski definition) is 10. The molecule has 0 heterocycles. The summed E-state index contributed by atoms with van der Waals surface area (Å²) in [6, 6.07) is 0. The largest absolute Gasteiger partial charge is 0.790 e. The minimum Gasteiger partial charge on any atom is -0.790 e. The van der Waals surface area contributed by atoms with E-state index in [0.29, 0.717) is 0 Å². The first-order valence-electron chi connectivity index (χ1n) is 4.16. The first-order chi connectivity index (χ1) is 7.56. The zero-order chi connectivity index (χ0) is 13.8. The molecule has 17 heavy (non-hydrogen) atoms. The second-order valence-corrected chi connectivity index (χ2v) is 4.21. The van der Waals surface area contributed by atoms with Crippen molar-refractivity contribution in [2.24, 2.45) is 0 Å². The number of aliphatic carboxylic acids is 1. The third-order valence-electron chi connectivity index (χ3n) is 1.71. The quantitative estimate of drug-likeness (QED) is 0.324. The second kappa shape index (κ2) is 6.38. The number of rotatable bonds is 7. The number of carbonyl (C=O) groups excluding carboxylic acids is 1. The fourth-order valence-corrected chi connectivity index (χ4v) is 1.16. The van der Waals surface area contributed by atoms with Gasteiger partial charge in [-0.1, -0.05) is 0 Å². The molecule has 10 nitrogen and oxygen atoms in total. The molecule has 0 bridgehead atoms. The van der Waals surface area contributed by atoms with Crippen molar-refractivity contribution < 1.29 is 49.2 Å². The van der Waals surface area contributed by atoms with Gasteiger partial charge in [0.2, 0.25) is 0 Å². The summed E-state index contributed by atoms with van der Waals surface area (Å²) in [5.41, 5.74) is 0. The molecule has 0 rings (SSSR count). The van der Waals surface area contributed by atoms with Crippen LogP contribution in [0.2, 0.25) is 0 Å². The Bertz CT molecular complexity index is 299. The van der Waals surface area contributed by atoms with Gasteiger partial charge in [-0.15, -0.1) is 0 Å². The molecule has 4 atom stereocenters. The molecule has 4 N–H and O–H groups in total. The minimum absolute atomic E-state index is 1.19. The van der Waals surface area contributed by atoms with Crippen molar-refractivity contribution in [1.29, 1.82) is 0 Å². The van der Waals surface area contributed by atoms with E-state index in [1.165, 1.54) is 0 Å². The van der Waals surface area contributed by atoms with E-state index in [2.05, 4.69) is 4.52 Å². The van der Waals surface area contributed by atoms with Crippen molar-refractivity contribution in [2.45, 2.75) is 24.4 Å². The van der Waals surface area contributed by atoms with Crippen LogP contribution in [0.25, 0.3) is 0 Å². The standard InChI is InChI=1S/C6H13O10P/c7-2(1-16-17(13,14)15)3(8)4(9)5(10)6(11)12/h2-5,7-10H,1H2,(H,11,12)(H2,13,14,15)/p-3/t2-,3+,4-,5-/m0/s1. The number of phosphoric acid groups is 1. The molecule has 0 unspecified atom stereocenters. The lowest BCUT2D eigenvalue weighted by Crippen LogP contribution is -2.52. The van der Waals surface area contributed by atoms with Gasteiger partial charge in [0.05, 0.1) is 20.4 Å². The Morgan fingerprint density at radius 1 is 1.18 bits per heavy atom. The number of carbonyl (C=O) groups is 1. The molecule has 0 saturated heterocycles. The number of aliphatic hydroxyl groups is 4. The van der Waals surface area contributed by atoms with Crippen molar-refractivity contribution in [3.05, 3.63) is 0 Å². The van der Waals surface area contributed by atoms with E-state index in [4.69, 9.17) is 20.4 Å². The van der Waals surface area contributed by atoms with Crippen molar-refractivity contribution in [1.82, 2.24) is 0 Å². The van der Waals surface area contributed by atoms with E-state index in [1.807, 2.05) is 0 Å². The summed E-state index contributed by atoms with van der Waals surface area (Å²) in [4.78, 5) is 30.1. The van der Waals surface area contributed by atoms with Crippen LogP contribution in [0.1, 0.15) is 0 Å². The highest BCUT2D eigenvalue weighted by Gasteiger charge is 2.31. The van der Waals surface area contributed by atoms with Crippen molar-refractivity contribution in [2.75, 3.05) is 6.61 Å². The molecular weight excluding hydrogens is 263 g/mol. The maximum atomic E-state index is 10.1. The van der Waals surface area contributed by atoms with Crippen molar-refractivity contribution in [3.63, 3.8) is 0 Å². The highest BCUT2D eigenvalue weighted by molar-refractivity contribution is 7.43. The van der Waals surface area contributed by atoms with E-state index in [9.17, 15) is 24.3 Å². The van der Waals surface area contributed by atoms with Gasteiger partial charge in [0, 0.05) is 0 Å². The Balaban J connectivity index is 4.34. The highest BCUT2D eigenvalue weighted by atomic mass is 31.2. The van der Waals surface area contributed by atoms with Crippen LogP contribution in [0.5, 0.6) is 0 Å². The normalized spacial score (nSPS) is 19.4. The van der Waals surface area contributed by atoms with Crippen LogP contribution in [0.3, 0.4) is 0 Å². The Labute approximate surface area is 94.9 Å². The lowest BCUT2D eigenvalue weighted by Gasteiger charge is -2.32. The monoisotopic (exact) mass is 273 g/mol. The Hall–Kier alpha value is -0.580. The second-order valence-electron chi connectivity index (χ2n) is 3.06. The molecule has 102 valence electrons. The Morgan fingerprint density at radius 2 is 1.65 bits per heavy atom. The van der Waals surface area contributed by atoms with Gasteiger partial charge in [-0.2, -0.15) is 0 Å². The van der Waals surface area contributed by atoms with E-state index < -0.39 is 44.8 Å². The Kier molecular flexibility index (Phi) is 6.16. The summed E-state index contributed by atoms with van der Waals surface area (Å²) in [6.45, 7) is -1.19. The first kappa shape index (κ1) is 16.4. The van der Waals surface area contributed by atoms with Gasteiger partial charge in [-0.25, -0.2) is 0 Å². The van der Waals surface area contributed by atoms with Crippen LogP contribution in [-0.2, 0) is 13.9 Å². The molecule has 0 aromatic heterocycles. The zero-order valence-corrected chi connectivity index (χ0v) is 9.10. The number of aliphatic hydroxyl groups excluding tert-OH is 4. The molecule has 0 fully saturated rings. The molecule has 0 aliphatic heterocycles. The first-order valence-corrected chi connectivity index (χ1v) is 5.62. The molecular formula is C6H10O10P-3. The van der Waals surface area contributed by atoms with Gasteiger partial charge in [-0.05, 0) is 0 Å². The Morgan fingerprint density at radius 3 is 2.00 bits per heavy atom. The molecule has 0 saturated carbocycles. The SMILES string of the molecule is O=C([O-])[C@@H](O)[C@@H](O)[C@H](O)[C@@H](O)COP(=O)([O-])[O-]. The zero-order valence-electron chi connectivity index (χ0n) is 8.20. The van der Waals surface area contributed by atoms with Crippen molar-refractivity contribution >= 4 is 13.8 Å². The van der Waals surface area contributed by atoms with E-state index in [1.54, 1.807) is 0 Å². The summed E-state index contributed by atoms with van der Waals surface area (Å²) < 4.78 is 13.6. The molecule has 0 spiro atoms. The van der Waals surface area contributed by atoms with Crippen LogP contribution in [0.4, 0.5) is 0 Å². The third kappa shape index (κ3) is 6.05. The molecule has 0 aliphatic rings. The molecule has 0 amide bonds. The van der Waals surface area contributed by atoms with E-state index in [0.717, 1.165) is 0 Å². The number of phosphoric ester groups is 1. The van der Waals surface area contributed by atoms with E-state index in [-0.39, 0.29) is 0 Å². The lowest BCUT2D eigenvalue weighted by atomic mass is 10.0. The molecule has 0 aromatic rings. The highest BCUT2D eigenvalue weighted by Crippen LogP contribution is 2.25. The van der Waals surface area contributed by atoms with Gasteiger partial charge in [0.25, 0.3) is 0 Å². The van der Waals surface area contributed by atoms with Gasteiger partial charge < -0.3 is 49.2 Å². The van der Waals surface area contributed by atoms with Crippen LogP contribution in [-0.4, -0.2) is 57.4 Å². The minimum atomic E-state index is -5.38. The van der Waals surface area contributed by atoms with E-state index >= 15 is 0 Å². The van der Waals surface area contributed by atoms with Gasteiger partial charge >= 0.3 is 0 Å². The number of hydrogen-bond donors (Lipinski definition) is 4. The van der Waals surface area contributed by atoms with Crippen molar-refractivity contribution in [3.8, 4) is 0 Å². The maximum absolute atomic E-state index is 10.1. The average molecular weight is 273 g/mol. The number of carboxylic acids is 1. The maximum Gasteiger partial charge on any atom is 0.122 e. The van der Waals surface area contributed by atoms with Gasteiger partial charge in [-0.3, -0.25) is 0 Å². The summed E-state index contributed by atoms with van der Waals surface area (Å²) >= 11 is 0. The van der Waals surface area contributed by atoms with Crippen LogP contribution in [0, 0.1) is 0 Å². The molecule has 0 aromatic carbocycles. The summed E-state index contributed by atoms with van der Waals surface area (Å²) in [6.07, 6.45) is -9.16. The smallest absolute Gasteiger partial charge is 0.122 e. The molecule has 0 aliphatic carbocycles. The summed E-state index contributed by atoms with van der Waals surface area (Å²) in [5.74, 6) is -2.11. The van der Waals surface area contributed by atoms with Gasteiger partial charge in [0.15, 0.2) is 0 Å². The average Bonchev–Trinajstić information content (AvgIpc) is 2.21. The summed E-state index contributed by atoms with van der Waals surface area (Å²) in [7, 11) is -5.38. The van der Waals surface area contributed by atoms with Crippen LogP contribution in [0.15, 0.2) is 0 Å². The molecule has 11 heteroatoms. The topological polar surface area (TPSA) is 193 Å².